The first-order chi connectivity index (χ1) is 8.86. The van der Waals surface area contributed by atoms with Gasteiger partial charge in [0.2, 0.25) is 0 Å². The van der Waals surface area contributed by atoms with Crippen molar-refractivity contribution in [3.8, 4) is 0 Å². The molecule has 0 aliphatic rings. The largest absolute Gasteiger partial charge is 0.416 e. The quantitative estimate of drug-likeness (QED) is 0.905. The molecule has 1 heterocycles. The van der Waals surface area contributed by atoms with E-state index >= 15 is 0 Å². The summed E-state index contributed by atoms with van der Waals surface area (Å²) in [5, 5.41) is 0. The lowest BCUT2D eigenvalue weighted by molar-refractivity contribution is -0.137. The number of halogens is 3. The number of anilines is 1. The van der Waals surface area contributed by atoms with E-state index in [0.717, 1.165) is 12.1 Å². The Morgan fingerprint density at radius 2 is 2.05 bits per heavy atom. The minimum Gasteiger partial charge on any atom is -0.393 e. The van der Waals surface area contributed by atoms with Gasteiger partial charge in [-0.15, -0.1) is 0 Å². The lowest BCUT2D eigenvalue weighted by Crippen LogP contribution is -2.15. The molecule has 19 heavy (non-hydrogen) atoms. The Morgan fingerprint density at radius 3 is 2.68 bits per heavy atom. The third-order valence-corrected chi connectivity index (χ3v) is 2.49. The fourth-order valence-corrected chi connectivity index (χ4v) is 1.61. The number of nitrogens with zero attached hydrogens (tertiary/aromatic N) is 2. The number of benzene rings is 1. The van der Waals surface area contributed by atoms with Crippen LogP contribution in [0.25, 0.3) is 0 Å². The summed E-state index contributed by atoms with van der Waals surface area (Å²) in [6.45, 7) is 0.154. The molecule has 0 atom stereocenters. The van der Waals surface area contributed by atoms with E-state index in [2.05, 4.69) is 4.98 Å². The smallest absolute Gasteiger partial charge is 0.393 e. The van der Waals surface area contributed by atoms with Crippen molar-refractivity contribution < 1.29 is 13.2 Å². The highest BCUT2D eigenvalue weighted by Gasteiger charge is 2.30. The molecule has 4 nitrogen and oxygen atoms in total. The SMILES string of the molecule is Nc1cn(Cc2cccc(C(F)(F)F)c2)cnc1=O. The van der Waals surface area contributed by atoms with Crippen LogP contribution < -0.4 is 11.3 Å². The lowest BCUT2D eigenvalue weighted by Gasteiger charge is -2.10. The van der Waals surface area contributed by atoms with Crippen LogP contribution in [0.15, 0.2) is 41.6 Å². The van der Waals surface area contributed by atoms with Crippen LogP contribution in [-0.2, 0) is 12.7 Å². The van der Waals surface area contributed by atoms with Gasteiger partial charge in [0.15, 0.2) is 0 Å². The second-order valence-corrected chi connectivity index (χ2v) is 4.00. The Balaban J connectivity index is 2.28. The Labute approximate surface area is 106 Å². The summed E-state index contributed by atoms with van der Waals surface area (Å²) >= 11 is 0. The van der Waals surface area contributed by atoms with Crippen LogP contribution in [0.4, 0.5) is 18.9 Å². The number of alkyl halides is 3. The topological polar surface area (TPSA) is 60.9 Å². The van der Waals surface area contributed by atoms with E-state index in [1.54, 1.807) is 6.07 Å². The van der Waals surface area contributed by atoms with Gasteiger partial charge in [-0.25, -0.2) is 0 Å². The first-order valence-electron chi connectivity index (χ1n) is 5.34. The van der Waals surface area contributed by atoms with Crippen LogP contribution >= 0.6 is 0 Å². The highest BCUT2D eigenvalue weighted by Crippen LogP contribution is 2.29. The Hall–Kier alpha value is -2.31. The van der Waals surface area contributed by atoms with Crippen molar-refractivity contribution in [3.63, 3.8) is 0 Å². The summed E-state index contributed by atoms with van der Waals surface area (Å²) in [6.07, 6.45) is -1.80. The van der Waals surface area contributed by atoms with Crippen molar-refractivity contribution in [2.24, 2.45) is 0 Å². The van der Waals surface area contributed by atoms with Gasteiger partial charge in [-0.1, -0.05) is 12.1 Å². The predicted octanol–water partition coefficient (Wildman–Crippen LogP) is 1.89. The van der Waals surface area contributed by atoms with E-state index in [1.807, 2.05) is 0 Å². The Bertz CT molecular complexity index is 649. The van der Waals surface area contributed by atoms with Gasteiger partial charge in [0.05, 0.1) is 11.9 Å². The van der Waals surface area contributed by atoms with Gasteiger partial charge in [0.25, 0.3) is 5.56 Å². The van der Waals surface area contributed by atoms with E-state index in [0.29, 0.717) is 5.56 Å². The summed E-state index contributed by atoms with van der Waals surface area (Å²) < 4.78 is 39.1. The molecular weight excluding hydrogens is 259 g/mol. The van der Waals surface area contributed by atoms with Gasteiger partial charge < -0.3 is 10.3 Å². The van der Waals surface area contributed by atoms with E-state index in [1.165, 1.54) is 23.2 Å². The number of hydrogen-bond acceptors (Lipinski definition) is 3. The molecule has 2 rings (SSSR count). The second-order valence-electron chi connectivity index (χ2n) is 4.00. The fourth-order valence-electron chi connectivity index (χ4n) is 1.61. The number of aromatic nitrogens is 2. The molecule has 100 valence electrons. The number of rotatable bonds is 2. The summed E-state index contributed by atoms with van der Waals surface area (Å²) in [7, 11) is 0. The molecule has 0 amide bonds. The van der Waals surface area contributed by atoms with Crippen molar-refractivity contribution in [2.45, 2.75) is 12.7 Å². The van der Waals surface area contributed by atoms with Gasteiger partial charge in [-0.2, -0.15) is 18.2 Å². The number of nitrogens with two attached hydrogens (primary N) is 1. The first-order valence-corrected chi connectivity index (χ1v) is 5.34. The van der Waals surface area contributed by atoms with Gasteiger partial charge in [-0.05, 0) is 17.7 Å². The molecule has 0 radical (unpaired) electrons. The maximum atomic E-state index is 12.5. The molecule has 0 saturated heterocycles. The Kier molecular flexibility index (Phi) is 3.28. The molecule has 7 heteroatoms. The molecule has 0 spiro atoms. The van der Waals surface area contributed by atoms with Crippen LogP contribution in [0, 0.1) is 0 Å². The first kappa shape index (κ1) is 13.1. The fraction of sp³-hybridized carbons (Fsp3) is 0.167. The van der Waals surface area contributed by atoms with E-state index in [-0.39, 0.29) is 12.2 Å². The summed E-state index contributed by atoms with van der Waals surface area (Å²) in [6, 6.07) is 4.94. The highest BCUT2D eigenvalue weighted by molar-refractivity contribution is 5.31. The molecule has 2 N–H and O–H groups in total. The summed E-state index contributed by atoms with van der Waals surface area (Å²) in [5.74, 6) is 0. The third kappa shape index (κ3) is 3.12. The average Bonchev–Trinajstić information content (AvgIpc) is 2.33. The standard InChI is InChI=1S/C12H10F3N3O/c13-12(14,15)9-3-1-2-8(4-9)5-18-6-10(16)11(19)17-7-18/h1-4,6-7H,5,16H2. The molecule has 0 aliphatic carbocycles. The van der Waals surface area contributed by atoms with Gasteiger partial charge in [-0.3, -0.25) is 4.79 Å². The van der Waals surface area contributed by atoms with Crippen LogP contribution in [0.3, 0.4) is 0 Å². The highest BCUT2D eigenvalue weighted by atomic mass is 19.4. The van der Waals surface area contributed by atoms with E-state index in [9.17, 15) is 18.0 Å². The molecule has 0 unspecified atom stereocenters. The predicted molar refractivity (Wildman–Crippen MR) is 63.5 cm³/mol. The summed E-state index contributed by atoms with van der Waals surface area (Å²) in [5.41, 5.74) is 4.52. The van der Waals surface area contributed by atoms with Crippen molar-refractivity contribution >= 4 is 5.69 Å². The third-order valence-electron chi connectivity index (χ3n) is 2.49. The van der Waals surface area contributed by atoms with E-state index < -0.39 is 17.3 Å². The minimum absolute atomic E-state index is 0.0468. The van der Waals surface area contributed by atoms with Crippen molar-refractivity contribution in [3.05, 3.63) is 58.3 Å². The summed E-state index contributed by atoms with van der Waals surface area (Å²) in [4.78, 5) is 14.5. The van der Waals surface area contributed by atoms with Gasteiger partial charge in [0.1, 0.15) is 5.69 Å². The lowest BCUT2D eigenvalue weighted by atomic mass is 10.1. The molecule has 0 aliphatic heterocycles. The van der Waals surface area contributed by atoms with Gasteiger partial charge >= 0.3 is 6.18 Å². The number of hydrogen-bond donors (Lipinski definition) is 1. The van der Waals surface area contributed by atoms with Gasteiger partial charge in [0, 0.05) is 12.7 Å². The van der Waals surface area contributed by atoms with E-state index in [4.69, 9.17) is 5.73 Å². The van der Waals surface area contributed by atoms with Crippen molar-refractivity contribution in [1.29, 1.82) is 0 Å². The normalized spacial score (nSPS) is 11.5. The molecule has 1 aromatic heterocycles. The molecule has 0 saturated carbocycles. The van der Waals surface area contributed by atoms with Crippen molar-refractivity contribution in [2.75, 3.05) is 5.73 Å². The Morgan fingerprint density at radius 1 is 1.32 bits per heavy atom. The maximum Gasteiger partial charge on any atom is 0.416 e. The molecule has 0 fully saturated rings. The van der Waals surface area contributed by atoms with Crippen molar-refractivity contribution in [1.82, 2.24) is 9.55 Å². The molecular formula is C12H10F3N3O. The second kappa shape index (κ2) is 4.75. The zero-order valence-electron chi connectivity index (χ0n) is 9.69. The zero-order chi connectivity index (χ0) is 14.0. The molecule has 1 aromatic carbocycles. The zero-order valence-corrected chi connectivity index (χ0v) is 9.69. The maximum absolute atomic E-state index is 12.5. The molecule has 2 aromatic rings. The van der Waals surface area contributed by atoms with Crippen LogP contribution in [-0.4, -0.2) is 9.55 Å². The van der Waals surface area contributed by atoms with Crippen LogP contribution in [0.1, 0.15) is 11.1 Å². The molecule has 0 bridgehead atoms. The minimum atomic E-state index is -4.38. The number of nitrogen functional groups attached to an aromatic ring is 1. The monoisotopic (exact) mass is 269 g/mol. The average molecular weight is 269 g/mol. The van der Waals surface area contributed by atoms with Crippen LogP contribution in [0.5, 0.6) is 0 Å². The van der Waals surface area contributed by atoms with Crippen LogP contribution in [0.2, 0.25) is 0 Å².